The highest BCUT2D eigenvalue weighted by molar-refractivity contribution is 14.1. The van der Waals surface area contributed by atoms with Gasteiger partial charge in [0, 0.05) is 6.84 Å². The summed E-state index contributed by atoms with van der Waals surface area (Å²) in [4.78, 5) is 0. The fraction of sp³-hybridized carbons (Fsp3) is 0.846. The first-order chi connectivity index (χ1) is 6.64. The van der Waals surface area contributed by atoms with Gasteiger partial charge in [0.15, 0.2) is 0 Å². The summed E-state index contributed by atoms with van der Waals surface area (Å²) in [6, 6.07) is 0. The molecule has 15 heavy (non-hydrogen) atoms. The summed E-state index contributed by atoms with van der Waals surface area (Å²) in [7, 11) is 0. The minimum Gasteiger partial charge on any atom is -0.0852 e. The van der Waals surface area contributed by atoms with Crippen LogP contribution < -0.4 is 0 Å². The summed E-state index contributed by atoms with van der Waals surface area (Å²) in [5.41, 5.74) is 1.62. The lowest BCUT2D eigenvalue weighted by Gasteiger charge is -2.19. The molecule has 0 saturated carbocycles. The van der Waals surface area contributed by atoms with Crippen molar-refractivity contribution in [3.63, 3.8) is 0 Å². The van der Waals surface area contributed by atoms with Gasteiger partial charge in [-0.05, 0) is 25.7 Å². The third-order valence-electron chi connectivity index (χ3n) is 2.27. The smallest absolute Gasteiger partial charge is 0.0203 e. The lowest BCUT2D eigenvalue weighted by molar-refractivity contribution is 0.667. The van der Waals surface area contributed by atoms with Gasteiger partial charge in [-0.2, -0.15) is 0 Å². The molecule has 90 valence electrons. The molecule has 2 heteroatoms. The van der Waals surface area contributed by atoms with Gasteiger partial charge in [-0.25, -0.2) is 0 Å². The number of allylic oxidation sites excluding steroid dienone is 2. The highest BCUT2D eigenvalue weighted by Crippen LogP contribution is 2.29. The molecule has 0 amide bonds. The number of halogens is 2. The Balaban J connectivity index is 4.12. The lowest BCUT2D eigenvalue weighted by atomic mass is 9.98. The highest BCUT2D eigenvalue weighted by Gasteiger charge is 2.15. The normalized spacial score (nSPS) is 14.5. The molecule has 0 fully saturated rings. The summed E-state index contributed by atoms with van der Waals surface area (Å²) < 4.78 is 0.840. The molecule has 0 aromatic carbocycles. The molecule has 0 unspecified atom stereocenters. The quantitative estimate of drug-likeness (QED) is 0.277. The zero-order valence-corrected chi connectivity index (χ0v) is 15.0. The molecule has 0 rings (SSSR count). The maximum atomic E-state index is 2.54. The van der Waals surface area contributed by atoms with Crippen molar-refractivity contribution in [2.45, 2.75) is 67.1 Å². The van der Waals surface area contributed by atoms with Crippen molar-refractivity contribution in [3.8, 4) is 0 Å². The molecule has 0 heterocycles. The van der Waals surface area contributed by atoms with Crippen molar-refractivity contribution in [2.24, 2.45) is 0 Å². The maximum Gasteiger partial charge on any atom is 0.0203 e. The fourth-order valence-corrected chi connectivity index (χ4v) is 2.30. The number of alkyl halides is 2. The van der Waals surface area contributed by atoms with Crippen molar-refractivity contribution >= 4 is 45.2 Å². The van der Waals surface area contributed by atoms with E-state index in [1.807, 2.05) is 0 Å². The molecule has 0 atom stereocenters. The Hall–Kier alpha value is 1.20. The van der Waals surface area contributed by atoms with Crippen LogP contribution in [0.1, 0.15) is 60.3 Å². The molecule has 0 N–H and O–H groups in total. The lowest BCUT2D eigenvalue weighted by Crippen LogP contribution is -2.10. The zero-order valence-electron chi connectivity index (χ0n) is 10.7. The summed E-state index contributed by atoms with van der Waals surface area (Å²) in [6.07, 6.45) is 7.39. The predicted octanol–water partition coefficient (Wildman–Crippen LogP) is 5.92. The molecular weight excluding hydrogens is 410 g/mol. The fourth-order valence-electron chi connectivity index (χ4n) is 1.50. The zero-order chi connectivity index (χ0) is 12.1. The molecule has 0 aliphatic carbocycles. The number of rotatable bonds is 6. The Morgan fingerprint density at radius 3 is 1.93 bits per heavy atom. The summed E-state index contributed by atoms with van der Waals surface area (Å²) in [5, 5.41) is 0. The molecule has 0 aromatic heterocycles. The second-order valence-electron chi connectivity index (χ2n) is 5.37. The topological polar surface area (TPSA) is 0 Å². The second kappa shape index (κ2) is 6.82. The van der Waals surface area contributed by atoms with Gasteiger partial charge in [-0.3, -0.25) is 0 Å². The molecule has 0 aliphatic rings. The van der Waals surface area contributed by atoms with E-state index in [4.69, 9.17) is 0 Å². The van der Waals surface area contributed by atoms with E-state index in [-0.39, 0.29) is 0 Å². The molecule has 0 radical (unpaired) electrons. The minimum absolute atomic E-state index is 0.402. The number of hydrogen-bond acceptors (Lipinski definition) is 0. The van der Waals surface area contributed by atoms with Crippen LogP contribution in [0, 0.1) is 0 Å². The molecule has 0 nitrogen and oxygen atoms in total. The molecule has 0 bridgehead atoms. The van der Waals surface area contributed by atoms with Crippen LogP contribution in [0.5, 0.6) is 0 Å². The van der Waals surface area contributed by atoms with Crippen molar-refractivity contribution in [1.29, 1.82) is 0 Å². The standard InChI is InChI=1S/C13H24I2/c1-6-11(10-13(4,5)15)8-7-9-12(2,3)14/h8H,6-7,9-10H2,1-5H3/b11-8+. The van der Waals surface area contributed by atoms with Crippen LogP contribution in [0.15, 0.2) is 11.6 Å². The minimum atomic E-state index is 0.402. The Morgan fingerprint density at radius 2 is 1.60 bits per heavy atom. The summed E-state index contributed by atoms with van der Waals surface area (Å²) >= 11 is 5.07. The van der Waals surface area contributed by atoms with Gasteiger partial charge in [0.1, 0.15) is 0 Å². The van der Waals surface area contributed by atoms with Crippen molar-refractivity contribution in [3.05, 3.63) is 11.6 Å². The van der Waals surface area contributed by atoms with Gasteiger partial charge < -0.3 is 0 Å². The monoisotopic (exact) mass is 434 g/mol. The summed E-state index contributed by atoms with van der Waals surface area (Å²) in [5.74, 6) is 0. The van der Waals surface area contributed by atoms with E-state index in [1.54, 1.807) is 5.57 Å². The first kappa shape index (κ1) is 16.2. The molecule has 0 aliphatic heterocycles. The van der Waals surface area contributed by atoms with E-state index < -0.39 is 0 Å². The van der Waals surface area contributed by atoms with Crippen molar-refractivity contribution in [1.82, 2.24) is 0 Å². The van der Waals surface area contributed by atoms with Crippen LogP contribution in [-0.4, -0.2) is 6.84 Å². The Labute approximate surface area is 123 Å². The Morgan fingerprint density at radius 1 is 1.07 bits per heavy atom. The molecule has 0 aromatic rings. The average molecular weight is 434 g/mol. The first-order valence-corrected chi connectivity index (χ1v) is 7.85. The van der Waals surface area contributed by atoms with E-state index >= 15 is 0 Å². The molecule has 0 spiro atoms. The van der Waals surface area contributed by atoms with Crippen LogP contribution in [-0.2, 0) is 0 Å². The van der Waals surface area contributed by atoms with Gasteiger partial charge in [-0.1, -0.05) is 91.4 Å². The predicted molar refractivity (Wildman–Crippen MR) is 88.4 cm³/mol. The van der Waals surface area contributed by atoms with Crippen LogP contribution in [0.3, 0.4) is 0 Å². The maximum absolute atomic E-state index is 2.54. The SMILES string of the molecule is CC/C(=C\CCC(C)(C)I)CC(C)(C)I. The third-order valence-corrected chi connectivity index (χ3v) is 3.19. The van der Waals surface area contributed by atoms with Crippen LogP contribution in [0.4, 0.5) is 0 Å². The van der Waals surface area contributed by atoms with E-state index in [0.29, 0.717) is 6.84 Å². The van der Waals surface area contributed by atoms with Crippen LogP contribution >= 0.6 is 45.2 Å². The molecular formula is C13H24I2. The summed E-state index contributed by atoms with van der Waals surface area (Å²) in [6.45, 7) is 11.5. The van der Waals surface area contributed by atoms with E-state index in [9.17, 15) is 0 Å². The number of hydrogen-bond donors (Lipinski definition) is 0. The van der Waals surface area contributed by atoms with Crippen molar-refractivity contribution < 1.29 is 0 Å². The van der Waals surface area contributed by atoms with E-state index in [2.05, 4.69) is 85.9 Å². The van der Waals surface area contributed by atoms with Gasteiger partial charge in [-0.15, -0.1) is 0 Å². The highest BCUT2D eigenvalue weighted by atomic mass is 127. The Bertz CT molecular complexity index is 204. The van der Waals surface area contributed by atoms with Crippen molar-refractivity contribution in [2.75, 3.05) is 0 Å². The average Bonchev–Trinajstić information content (AvgIpc) is 1.97. The molecule has 0 saturated heterocycles. The third kappa shape index (κ3) is 11.5. The first-order valence-electron chi connectivity index (χ1n) is 5.70. The van der Waals surface area contributed by atoms with E-state index in [1.165, 1.54) is 25.7 Å². The Kier molecular flexibility index (Phi) is 7.36. The largest absolute Gasteiger partial charge is 0.0852 e. The van der Waals surface area contributed by atoms with Gasteiger partial charge >= 0.3 is 0 Å². The van der Waals surface area contributed by atoms with Crippen LogP contribution in [0.2, 0.25) is 0 Å². The van der Waals surface area contributed by atoms with Gasteiger partial charge in [0.2, 0.25) is 0 Å². The second-order valence-corrected chi connectivity index (χ2v) is 11.2. The van der Waals surface area contributed by atoms with Crippen LogP contribution in [0.25, 0.3) is 0 Å². The van der Waals surface area contributed by atoms with Gasteiger partial charge in [0.25, 0.3) is 0 Å². The van der Waals surface area contributed by atoms with Gasteiger partial charge in [0.05, 0.1) is 0 Å². The van der Waals surface area contributed by atoms with E-state index in [0.717, 1.165) is 0 Å².